The molecule has 100 valence electrons. The number of carboxylic acid groups (broad SMARTS) is 1. The Kier molecular flexibility index (Phi) is 4.01. The van der Waals surface area contributed by atoms with Gasteiger partial charge in [-0.3, -0.25) is 0 Å². The first-order valence-electron chi connectivity index (χ1n) is 5.59. The maximum Gasteiger partial charge on any atom is 0.335 e. The van der Waals surface area contributed by atoms with Crippen molar-refractivity contribution in [3.05, 3.63) is 51.6 Å². The Labute approximate surface area is 123 Å². The number of aryl methyl sites for hydroxylation is 1. The maximum absolute atomic E-state index is 11.0. The monoisotopic (exact) mass is 332 g/mol. The molecule has 0 aliphatic carbocycles. The third-order valence-electron chi connectivity index (χ3n) is 2.50. The van der Waals surface area contributed by atoms with Gasteiger partial charge in [0.25, 0.3) is 0 Å². The molecule has 1 heterocycles. The molecule has 0 bridgehead atoms. The SMILES string of the molecule is Cc1ccc(C#N)c(Oc2cc(C(=O)O)ccc2Br)n1. The summed E-state index contributed by atoms with van der Waals surface area (Å²) in [5.74, 6) is -0.615. The predicted octanol–water partition coefficient (Wildman–Crippen LogP) is 3.51. The Morgan fingerprint density at radius 1 is 1.40 bits per heavy atom. The number of nitrogens with zero attached hydrogens (tertiary/aromatic N) is 2. The summed E-state index contributed by atoms with van der Waals surface area (Å²) in [6, 6.07) is 9.68. The Balaban J connectivity index is 2.44. The van der Waals surface area contributed by atoms with Gasteiger partial charge in [-0.15, -0.1) is 0 Å². The minimum Gasteiger partial charge on any atom is -0.478 e. The van der Waals surface area contributed by atoms with Crippen molar-refractivity contribution < 1.29 is 14.6 Å². The third-order valence-corrected chi connectivity index (χ3v) is 3.16. The highest BCUT2D eigenvalue weighted by molar-refractivity contribution is 9.10. The number of benzene rings is 1. The van der Waals surface area contributed by atoms with Crippen molar-refractivity contribution in [3.8, 4) is 17.7 Å². The lowest BCUT2D eigenvalue weighted by Crippen LogP contribution is -1.98. The summed E-state index contributed by atoms with van der Waals surface area (Å²) < 4.78 is 6.14. The topological polar surface area (TPSA) is 83.2 Å². The molecule has 0 aliphatic rings. The summed E-state index contributed by atoms with van der Waals surface area (Å²) in [6.07, 6.45) is 0. The van der Waals surface area contributed by atoms with Gasteiger partial charge in [0.2, 0.25) is 5.88 Å². The van der Waals surface area contributed by atoms with E-state index in [4.69, 9.17) is 15.1 Å². The van der Waals surface area contributed by atoms with Crippen LogP contribution in [0, 0.1) is 18.3 Å². The van der Waals surface area contributed by atoms with E-state index in [1.54, 1.807) is 25.1 Å². The van der Waals surface area contributed by atoms with Gasteiger partial charge in [0.15, 0.2) is 0 Å². The fraction of sp³-hybridized carbons (Fsp3) is 0.0714. The van der Waals surface area contributed by atoms with Gasteiger partial charge in [-0.2, -0.15) is 5.26 Å². The summed E-state index contributed by atoms with van der Waals surface area (Å²) >= 11 is 3.27. The van der Waals surface area contributed by atoms with E-state index in [9.17, 15) is 4.79 Å². The highest BCUT2D eigenvalue weighted by Crippen LogP contribution is 2.31. The van der Waals surface area contributed by atoms with Crippen molar-refractivity contribution in [2.24, 2.45) is 0 Å². The van der Waals surface area contributed by atoms with E-state index in [2.05, 4.69) is 20.9 Å². The molecule has 0 radical (unpaired) electrons. The molecule has 1 aromatic heterocycles. The number of pyridine rings is 1. The van der Waals surface area contributed by atoms with Gasteiger partial charge in [0.05, 0.1) is 10.0 Å². The summed E-state index contributed by atoms with van der Waals surface area (Å²) in [5.41, 5.74) is 1.07. The zero-order valence-electron chi connectivity index (χ0n) is 10.4. The second kappa shape index (κ2) is 5.72. The van der Waals surface area contributed by atoms with Crippen LogP contribution in [0.4, 0.5) is 0 Å². The van der Waals surface area contributed by atoms with E-state index in [-0.39, 0.29) is 17.0 Å². The quantitative estimate of drug-likeness (QED) is 0.929. The van der Waals surface area contributed by atoms with E-state index < -0.39 is 5.97 Å². The minimum absolute atomic E-state index is 0.0920. The van der Waals surface area contributed by atoms with Gasteiger partial charge in [-0.25, -0.2) is 9.78 Å². The van der Waals surface area contributed by atoms with Crippen LogP contribution in [-0.2, 0) is 0 Å². The van der Waals surface area contributed by atoms with Gasteiger partial charge in [-0.05, 0) is 53.2 Å². The molecule has 0 fully saturated rings. The molecule has 0 aliphatic heterocycles. The van der Waals surface area contributed by atoms with Crippen molar-refractivity contribution in [2.45, 2.75) is 6.92 Å². The van der Waals surface area contributed by atoms with Gasteiger partial charge in [-0.1, -0.05) is 0 Å². The number of halogens is 1. The van der Waals surface area contributed by atoms with Crippen molar-refractivity contribution in [1.29, 1.82) is 5.26 Å². The van der Waals surface area contributed by atoms with Crippen LogP contribution in [0.25, 0.3) is 0 Å². The normalized spacial score (nSPS) is 9.85. The molecule has 0 amide bonds. The van der Waals surface area contributed by atoms with Crippen molar-refractivity contribution in [1.82, 2.24) is 4.98 Å². The molecule has 0 spiro atoms. The average molecular weight is 333 g/mol. The molecule has 0 unspecified atom stereocenters. The highest BCUT2D eigenvalue weighted by Gasteiger charge is 2.12. The van der Waals surface area contributed by atoms with Gasteiger partial charge in [0, 0.05) is 5.69 Å². The lowest BCUT2D eigenvalue weighted by atomic mass is 10.2. The molecule has 0 atom stereocenters. The first-order valence-corrected chi connectivity index (χ1v) is 6.39. The Morgan fingerprint density at radius 3 is 2.80 bits per heavy atom. The molecule has 1 N–H and O–H groups in total. The number of hydrogen-bond acceptors (Lipinski definition) is 4. The van der Waals surface area contributed by atoms with E-state index in [1.165, 1.54) is 12.1 Å². The summed E-state index contributed by atoms with van der Waals surface area (Å²) in [5, 5.41) is 18.0. The fourth-order valence-electron chi connectivity index (χ4n) is 1.51. The number of carbonyl (C=O) groups is 1. The fourth-order valence-corrected chi connectivity index (χ4v) is 1.84. The minimum atomic E-state index is -1.06. The largest absolute Gasteiger partial charge is 0.478 e. The molecular formula is C14H9BrN2O3. The third kappa shape index (κ3) is 2.95. The van der Waals surface area contributed by atoms with E-state index in [0.29, 0.717) is 15.9 Å². The number of ether oxygens (including phenoxy) is 1. The first-order chi connectivity index (χ1) is 9.51. The van der Waals surface area contributed by atoms with Gasteiger partial charge in [0.1, 0.15) is 17.4 Å². The Hall–Kier alpha value is -2.39. The van der Waals surface area contributed by atoms with E-state index >= 15 is 0 Å². The lowest BCUT2D eigenvalue weighted by molar-refractivity contribution is 0.0696. The van der Waals surface area contributed by atoms with E-state index in [0.717, 1.165) is 0 Å². The number of hydrogen-bond donors (Lipinski definition) is 1. The van der Waals surface area contributed by atoms with Crippen LogP contribution in [-0.4, -0.2) is 16.1 Å². The summed E-state index contributed by atoms with van der Waals surface area (Å²) in [4.78, 5) is 15.1. The second-order valence-corrected chi connectivity index (χ2v) is 4.82. The average Bonchev–Trinajstić information content (AvgIpc) is 2.41. The van der Waals surface area contributed by atoms with Crippen molar-refractivity contribution in [2.75, 3.05) is 0 Å². The van der Waals surface area contributed by atoms with Crippen LogP contribution in [0.15, 0.2) is 34.8 Å². The van der Waals surface area contributed by atoms with Crippen LogP contribution >= 0.6 is 15.9 Å². The molecule has 2 rings (SSSR count). The zero-order chi connectivity index (χ0) is 14.7. The Morgan fingerprint density at radius 2 is 2.15 bits per heavy atom. The van der Waals surface area contributed by atoms with Crippen LogP contribution in [0.2, 0.25) is 0 Å². The summed E-state index contributed by atoms with van der Waals surface area (Å²) in [7, 11) is 0. The number of aromatic carboxylic acids is 1. The molecular weight excluding hydrogens is 324 g/mol. The maximum atomic E-state index is 11.0. The molecule has 2 aromatic rings. The predicted molar refractivity (Wildman–Crippen MR) is 74.9 cm³/mol. The molecule has 6 heteroatoms. The van der Waals surface area contributed by atoms with Crippen molar-refractivity contribution >= 4 is 21.9 Å². The highest BCUT2D eigenvalue weighted by atomic mass is 79.9. The zero-order valence-corrected chi connectivity index (χ0v) is 12.0. The number of carboxylic acids is 1. The number of nitriles is 1. The summed E-state index contributed by atoms with van der Waals surface area (Å²) in [6.45, 7) is 1.77. The van der Waals surface area contributed by atoms with E-state index in [1.807, 2.05) is 6.07 Å². The smallest absolute Gasteiger partial charge is 0.335 e. The second-order valence-electron chi connectivity index (χ2n) is 3.97. The van der Waals surface area contributed by atoms with Crippen LogP contribution in [0.5, 0.6) is 11.6 Å². The van der Waals surface area contributed by atoms with Crippen molar-refractivity contribution in [3.63, 3.8) is 0 Å². The van der Waals surface area contributed by atoms with Gasteiger partial charge >= 0.3 is 5.97 Å². The van der Waals surface area contributed by atoms with Crippen LogP contribution in [0.3, 0.4) is 0 Å². The van der Waals surface area contributed by atoms with Gasteiger partial charge < -0.3 is 9.84 Å². The molecule has 1 aromatic carbocycles. The first kappa shape index (κ1) is 14.0. The van der Waals surface area contributed by atoms with Crippen LogP contribution < -0.4 is 4.74 Å². The Bertz CT molecular complexity index is 723. The molecule has 5 nitrogen and oxygen atoms in total. The number of rotatable bonds is 3. The molecule has 0 saturated heterocycles. The molecule has 0 saturated carbocycles. The standard InChI is InChI=1S/C14H9BrN2O3/c1-8-2-3-10(7-16)13(17-8)20-12-6-9(14(18)19)4-5-11(12)15/h2-6H,1H3,(H,18,19). The molecule has 20 heavy (non-hydrogen) atoms. The number of aromatic nitrogens is 1. The lowest BCUT2D eigenvalue weighted by Gasteiger charge is -2.09. The van der Waals surface area contributed by atoms with Crippen LogP contribution in [0.1, 0.15) is 21.6 Å².